The molecule has 0 atom stereocenters. The molecule has 1 amide bonds. The van der Waals surface area contributed by atoms with Gasteiger partial charge in [-0.1, -0.05) is 0 Å². The van der Waals surface area contributed by atoms with Gasteiger partial charge < -0.3 is 15.0 Å². The molecule has 6 heteroatoms. The lowest BCUT2D eigenvalue weighted by Gasteiger charge is -2.13. The van der Waals surface area contributed by atoms with Gasteiger partial charge in [-0.3, -0.25) is 9.59 Å². The topological polar surface area (TPSA) is 84.1 Å². The zero-order valence-electron chi connectivity index (χ0n) is 11.2. The molecule has 0 radical (unpaired) electrons. The van der Waals surface area contributed by atoms with Crippen LogP contribution in [0.1, 0.15) is 24.2 Å². The number of nitrogens with zero attached hydrogens (tertiary/aromatic N) is 1. The molecule has 0 fully saturated rings. The van der Waals surface area contributed by atoms with Crippen molar-refractivity contribution in [2.24, 2.45) is 0 Å². The van der Waals surface area contributed by atoms with E-state index >= 15 is 0 Å². The van der Waals surface area contributed by atoms with Crippen LogP contribution in [0.15, 0.2) is 41.6 Å². The fraction of sp³-hybridized carbons (Fsp3) is 0.214. The zero-order valence-corrected chi connectivity index (χ0v) is 11.2. The van der Waals surface area contributed by atoms with Gasteiger partial charge in [-0.15, -0.1) is 0 Å². The number of aromatic amines is 1. The molecule has 2 N–H and O–H groups in total. The lowest BCUT2D eigenvalue weighted by Crippen LogP contribution is -2.21. The van der Waals surface area contributed by atoms with Crippen LogP contribution in [-0.2, 0) is 0 Å². The van der Waals surface area contributed by atoms with Crippen LogP contribution in [0.4, 0.5) is 5.69 Å². The molecule has 0 spiro atoms. The number of hydrogen-bond acceptors (Lipinski definition) is 4. The molecule has 2 heterocycles. The van der Waals surface area contributed by atoms with Crippen LogP contribution in [0.2, 0.25) is 0 Å². The number of rotatable bonds is 4. The molecule has 0 aromatic carbocycles. The quantitative estimate of drug-likeness (QED) is 0.889. The minimum Gasteiger partial charge on any atom is -0.473 e. The second kappa shape index (κ2) is 6.01. The van der Waals surface area contributed by atoms with Gasteiger partial charge in [0.2, 0.25) is 5.88 Å². The first kappa shape index (κ1) is 13.8. The predicted molar refractivity (Wildman–Crippen MR) is 75.0 cm³/mol. The van der Waals surface area contributed by atoms with Crippen molar-refractivity contribution in [3.8, 4) is 5.88 Å². The summed E-state index contributed by atoms with van der Waals surface area (Å²) in [7, 11) is 0. The number of aromatic nitrogens is 2. The summed E-state index contributed by atoms with van der Waals surface area (Å²) >= 11 is 0. The zero-order chi connectivity index (χ0) is 14.5. The fourth-order valence-corrected chi connectivity index (χ4v) is 1.59. The third-order valence-electron chi connectivity index (χ3n) is 2.44. The number of H-pyrrole nitrogens is 1. The highest BCUT2D eigenvalue weighted by atomic mass is 16.5. The van der Waals surface area contributed by atoms with Crippen LogP contribution < -0.4 is 15.5 Å². The highest BCUT2D eigenvalue weighted by Gasteiger charge is 2.13. The van der Waals surface area contributed by atoms with Crippen molar-refractivity contribution in [1.29, 1.82) is 0 Å². The Morgan fingerprint density at radius 3 is 2.90 bits per heavy atom. The van der Waals surface area contributed by atoms with Gasteiger partial charge in [0.1, 0.15) is 11.3 Å². The highest BCUT2D eigenvalue weighted by Crippen LogP contribution is 2.22. The standard InChI is InChI=1S/C14H15N3O3/c1-9(2)20-14-11(4-3-6-16-14)17-13(19)10-8-15-7-5-12(10)18/h3-9H,1-2H3,(H,15,18)(H,17,19). The Bertz CT molecular complexity index is 664. The van der Waals surface area contributed by atoms with Gasteiger partial charge in [0.05, 0.1) is 6.10 Å². The summed E-state index contributed by atoms with van der Waals surface area (Å²) in [5.41, 5.74) is 0.109. The maximum atomic E-state index is 12.1. The van der Waals surface area contributed by atoms with Crippen molar-refractivity contribution in [3.63, 3.8) is 0 Å². The fourth-order valence-electron chi connectivity index (χ4n) is 1.59. The predicted octanol–water partition coefficient (Wildman–Crippen LogP) is 1.81. The molecule has 0 bridgehead atoms. The van der Waals surface area contributed by atoms with E-state index in [1.165, 1.54) is 18.5 Å². The van der Waals surface area contributed by atoms with E-state index in [2.05, 4.69) is 15.3 Å². The average Bonchev–Trinajstić information content (AvgIpc) is 2.41. The van der Waals surface area contributed by atoms with Crippen molar-refractivity contribution >= 4 is 11.6 Å². The minimum absolute atomic E-state index is 0.0341. The summed E-state index contributed by atoms with van der Waals surface area (Å²) in [5.74, 6) is -0.184. The van der Waals surface area contributed by atoms with Gasteiger partial charge in [-0.25, -0.2) is 4.98 Å². The van der Waals surface area contributed by atoms with Crippen LogP contribution in [0.5, 0.6) is 5.88 Å². The maximum absolute atomic E-state index is 12.1. The number of anilines is 1. The van der Waals surface area contributed by atoms with E-state index in [4.69, 9.17) is 4.74 Å². The minimum atomic E-state index is -0.506. The number of carbonyl (C=O) groups is 1. The Morgan fingerprint density at radius 1 is 1.40 bits per heavy atom. The Balaban J connectivity index is 2.24. The van der Waals surface area contributed by atoms with Gasteiger partial charge >= 0.3 is 0 Å². The molecule has 0 saturated heterocycles. The average molecular weight is 273 g/mol. The van der Waals surface area contributed by atoms with Crippen molar-refractivity contribution in [2.75, 3.05) is 5.32 Å². The van der Waals surface area contributed by atoms with E-state index in [9.17, 15) is 9.59 Å². The molecule has 0 saturated carbocycles. The third-order valence-corrected chi connectivity index (χ3v) is 2.44. The van der Waals surface area contributed by atoms with Gasteiger partial charge in [0, 0.05) is 24.7 Å². The van der Waals surface area contributed by atoms with E-state index in [1.54, 1.807) is 18.3 Å². The Hall–Kier alpha value is -2.63. The molecule has 6 nitrogen and oxygen atoms in total. The number of pyridine rings is 2. The monoisotopic (exact) mass is 273 g/mol. The number of amides is 1. The lowest BCUT2D eigenvalue weighted by atomic mass is 10.2. The maximum Gasteiger partial charge on any atom is 0.261 e. The first-order valence-electron chi connectivity index (χ1n) is 6.18. The molecule has 0 aliphatic heterocycles. The summed E-state index contributed by atoms with van der Waals surface area (Å²) in [6.07, 6.45) is 4.33. The first-order chi connectivity index (χ1) is 9.58. The Morgan fingerprint density at radius 2 is 2.20 bits per heavy atom. The van der Waals surface area contributed by atoms with Crippen LogP contribution in [0, 0.1) is 0 Å². The Kier molecular flexibility index (Phi) is 4.14. The van der Waals surface area contributed by atoms with Gasteiger partial charge in [-0.05, 0) is 26.0 Å². The summed E-state index contributed by atoms with van der Waals surface area (Å²) in [6, 6.07) is 4.64. The number of hydrogen-bond donors (Lipinski definition) is 2. The molecule has 2 aromatic rings. The molecule has 0 aliphatic rings. The third kappa shape index (κ3) is 3.23. The number of ether oxygens (including phenoxy) is 1. The normalized spacial score (nSPS) is 10.3. The molecule has 104 valence electrons. The van der Waals surface area contributed by atoms with Crippen molar-refractivity contribution in [3.05, 3.63) is 52.6 Å². The second-order valence-corrected chi connectivity index (χ2v) is 4.40. The van der Waals surface area contributed by atoms with Crippen LogP contribution >= 0.6 is 0 Å². The Labute approximate surface area is 115 Å². The number of nitrogens with one attached hydrogen (secondary N) is 2. The largest absolute Gasteiger partial charge is 0.473 e. The molecule has 0 unspecified atom stereocenters. The molecule has 2 rings (SSSR count). The number of carbonyl (C=O) groups excluding carboxylic acids is 1. The molecule has 20 heavy (non-hydrogen) atoms. The lowest BCUT2D eigenvalue weighted by molar-refractivity contribution is 0.102. The summed E-state index contributed by atoms with van der Waals surface area (Å²) < 4.78 is 5.50. The molecule has 0 aliphatic carbocycles. The summed E-state index contributed by atoms with van der Waals surface area (Å²) in [5, 5.41) is 2.63. The summed E-state index contributed by atoms with van der Waals surface area (Å²) in [6.45, 7) is 3.73. The molecular weight excluding hydrogens is 258 g/mol. The first-order valence-corrected chi connectivity index (χ1v) is 6.18. The summed E-state index contributed by atoms with van der Waals surface area (Å²) in [4.78, 5) is 30.4. The van der Waals surface area contributed by atoms with Crippen LogP contribution in [0.3, 0.4) is 0 Å². The van der Waals surface area contributed by atoms with Crippen molar-refractivity contribution in [2.45, 2.75) is 20.0 Å². The molecular formula is C14H15N3O3. The van der Waals surface area contributed by atoms with Gasteiger partial charge in [0.25, 0.3) is 5.91 Å². The van der Waals surface area contributed by atoms with Crippen LogP contribution in [0.25, 0.3) is 0 Å². The smallest absolute Gasteiger partial charge is 0.261 e. The second-order valence-electron chi connectivity index (χ2n) is 4.40. The molecule has 2 aromatic heterocycles. The van der Waals surface area contributed by atoms with Crippen molar-refractivity contribution < 1.29 is 9.53 Å². The van der Waals surface area contributed by atoms with E-state index < -0.39 is 5.91 Å². The van der Waals surface area contributed by atoms with Crippen molar-refractivity contribution in [1.82, 2.24) is 9.97 Å². The highest BCUT2D eigenvalue weighted by molar-refractivity contribution is 6.04. The van der Waals surface area contributed by atoms with E-state index in [-0.39, 0.29) is 17.1 Å². The van der Waals surface area contributed by atoms with E-state index in [0.29, 0.717) is 11.6 Å². The van der Waals surface area contributed by atoms with Crippen LogP contribution in [-0.4, -0.2) is 22.0 Å². The SMILES string of the molecule is CC(C)Oc1ncccc1NC(=O)c1c[nH]ccc1=O. The van der Waals surface area contributed by atoms with Gasteiger partial charge in [-0.2, -0.15) is 0 Å². The van der Waals surface area contributed by atoms with E-state index in [0.717, 1.165) is 0 Å². The van der Waals surface area contributed by atoms with E-state index in [1.807, 2.05) is 13.8 Å². The van der Waals surface area contributed by atoms with Gasteiger partial charge in [0.15, 0.2) is 5.43 Å².